The summed E-state index contributed by atoms with van der Waals surface area (Å²) >= 11 is 0. The van der Waals surface area contributed by atoms with Gasteiger partial charge in [-0.1, -0.05) is 30.3 Å². The van der Waals surface area contributed by atoms with Gasteiger partial charge in [0.1, 0.15) is 11.3 Å². The Hall–Kier alpha value is -3.21. The minimum Gasteiger partial charge on any atom is -0.339 e. The van der Waals surface area contributed by atoms with Crippen molar-refractivity contribution in [2.45, 2.75) is 13.8 Å². The minimum atomic E-state index is 0.712. The summed E-state index contributed by atoms with van der Waals surface area (Å²) in [4.78, 5) is 9.17. The highest BCUT2D eigenvalue weighted by atomic mass is 15.3. The molecule has 2 aromatic heterocycles. The summed E-state index contributed by atoms with van der Waals surface area (Å²) in [6, 6.07) is 16.2. The summed E-state index contributed by atoms with van der Waals surface area (Å²) in [5.74, 6) is 0.712. The van der Waals surface area contributed by atoms with Crippen LogP contribution in [0.1, 0.15) is 11.1 Å². The van der Waals surface area contributed by atoms with Crippen LogP contribution in [0.4, 0.5) is 11.5 Å². The highest BCUT2D eigenvalue weighted by Gasteiger charge is 2.09. The van der Waals surface area contributed by atoms with Crippen LogP contribution in [0.25, 0.3) is 16.9 Å². The van der Waals surface area contributed by atoms with Gasteiger partial charge in [-0.3, -0.25) is 0 Å². The summed E-state index contributed by atoms with van der Waals surface area (Å²) < 4.78 is 1.80. The number of fused-ring (bicyclic) bond motifs is 1. The van der Waals surface area contributed by atoms with E-state index in [0.717, 1.165) is 22.5 Å². The number of rotatable bonds is 3. The molecule has 4 aromatic rings. The Kier molecular flexibility index (Phi) is 3.46. The first-order valence-electron chi connectivity index (χ1n) is 7.81. The third-order valence-corrected chi connectivity index (χ3v) is 3.93. The van der Waals surface area contributed by atoms with Gasteiger partial charge in [0.2, 0.25) is 0 Å². The normalized spacial score (nSPS) is 10.9. The molecule has 5 heteroatoms. The van der Waals surface area contributed by atoms with Gasteiger partial charge in [0.25, 0.3) is 0 Å². The molecule has 0 aliphatic rings. The fraction of sp³-hybridized carbons (Fsp3) is 0.105. The number of benzene rings is 2. The Morgan fingerprint density at radius 3 is 2.62 bits per heavy atom. The van der Waals surface area contributed by atoms with E-state index in [1.54, 1.807) is 17.1 Å². The molecule has 0 aliphatic carbocycles. The zero-order valence-electron chi connectivity index (χ0n) is 13.6. The molecule has 0 bridgehead atoms. The van der Waals surface area contributed by atoms with Crippen LogP contribution in [0, 0.1) is 13.8 Å². The van der Waals surface area contributed by atoms with Crippen molar-refractivity contribution in [3.63, 3.8) is 0 Å². The second kappa shape index (κ2) is 5.77. The molecule has 0 radical (unpaired) electrons. The third-order valence-electron chi connectivity index (χ3n) is 3.93. The molecule has 24 heavy (non-hydrogen) atoms. The molecule has 0 saturated carbocycles. The Morgan fingerprint density at radius 1 is 0.958 bits per heavy atom. The summed E-state index contributed by atoms with van der Waals surface area (Å²) in [6.07, 6.45) is 3.48. The van der Waals surface area contributed by atoms with E-state index < -0.39 is 0 Å². The van der Waals surface area contributed by atoms with Gasteiger partial charge in [0.15, 0.2) is 5.65 Å². The average Bonchev–Trinajstić information content (AvgIpc) is 3.02. The maximum atomic E-state index is 4.63. The first kappa shape index (κ1) is 14.4. The Balaban J connectivity index is 1.71. The number of hydrogen-bond acceptors (Lipinski definition) is 4. The Bertz CT molecular complexity index is 1000. The SMILES string of the molecule is Cc1ccc(C)c(Nc2cnc3c(cnn3-c3ccccc3)n2)c1. The van der Waals surface area contributed by atoms with Crippen molar-refractivity contribution in [3.8, 4) is 5.69 Å². The number of aromatic nitrogens is 4. The van der Waals surface area contributed by atoms with Crippen molar-refractivity contribution in [2.24, 2.45) is 0 Å². The number of anilines is 2. The standard InChI is InChI=1S/C19H17N5/c1-13-8-9-14(2)16(10-13)22-18-12-20-19-17(23-18)11-21-24(19)15-6-4-3-5-7-15/h3-12H,1-2H3,(H,22,23). The van der Waals surface area contributed by atoms with Gasteiger partial charge in [-0.2, -0.15) is 5.10 Å². The maximum Gasteiger partial charge on any atom is 0.181 e. The molecule has 0 aliphatic heterocycles. The van der Waals surface area contributed by atoms with E-state index >= 15 is 0 Å². The molecule has 0 unspecified atom stereocenters. The largest absolute Gasteiger partial charge is 0.339 e. The summed E-state index contributed by atoms with van der Waals surface area (Å²) in [6.45, 7) is 4.14. The van der Waals surface area contributed by atoms with E-state index in [4.69, 9.17) is 0 Å². The summed E-state index contributed by atoms with van der Waals surface area (Å²) in [5, 5.41) is 7.75. The average molecular weight is 315 g/mol. The van der Waals surface area contributed by atoms with Crippen molar-refractivity contribution < 1.29 is 0 Å². The van der Waals surface area contributed by atoms with Crippen molar-refractivity contribution in [3.05, 3.63) is 72.1 Å². The molecule has 0 spiro atoms. The van der Waals surface area contributed by atoms with Crippen LogP contribution in [0.5, 0.6) is 0 Å². The van der Waals surface area contributed by atoms with Crippen molar-refractivity contribution in [1.82, 2.24) is 19.7 Å². The van der Waals surface area contributed by atoms with Crippen molar-refractivity contribution in [1.29, 1.82) is 0 Å². The molecule has 2 aromatic carbocycles. The molecule has 4 rings (SSSR count). The first-order valence-corrected chi connectivity index (χ1v) is 7.81. The molecule has 118 valence electrons. The monoisotopic (exact) mass is 315 g/mol. The highest BCUT2D eigenvalue weighted by Crippen LogP contribution is 2.22. The number of para-hydroxylation sites is 1. The van der Waals surface area contributed by atoms with Crippen LogP contribution in [-0.4, -0.2) is 19.7 Å². The fourth-order valence-electron chi connectivity index (χ4n) is 2.64. The molecule has 2 heterocycles. The summed E-state index contributed by atoms with van der Waals surface area (Å²) in [5.41, 5.74) is 5.88. The highest BCUT2D eigenvalue weighted by molar-refractivity contribution is 5.74. The zero-order valence-corrected chi connectivity index (χ0v) is 13.6. The number of hydrogen-bond donors (Lipinski definition) is 1. The smallest absolute Gasteiger partial charge is 0.181 e. The molecule has 0 atom stereocenters. The Morgan fingerprint density at radius 2 is 1.79 bits per heavy atom. The van der Waals surface area contributed by atoms with E-state index in [9.17, 15) is 0 Å². The molecule has 0 fully saturated rings. The van der Waals surface area contributed by atoms with Gasteiger partial charge in [0, 0.05) is 5.69 Å². The van der Waals surface area contributed by atoms with E-state index in [-0.39, 0.29) is 0 Å². The predicted octanol–water partition coefficient (Wildman–Crippen LogP) is 4.18. The lowest BCUT2D eigenvalue weighted by Gasteiger charge is -2.09. The van der Waals surface area contributed by atoms with Gasteiger partial charge >= 0.3 is 0 Å². The molecule has 0 saturated heterocycles. The van der Waals surface area contributed by atoms with E-state index in [2.05, 4.69) is 52.4 Å². The van der Waals surface area contributed by atoms with Gasteiger partial charge in [-0.15, -0.1) is 0 Å². The van der Waals surface area contributed by atoms with Crippen LogP contribution in [-0.2, 0) is 0 Å². The molecule has 1 N–H and O–H groups in total. The molecule has 0 amide bonds. The number of nitrogens with one attached hydrogen (secondary N) is 1. The van der Waals surface area contributed by atoms with Gasteiger partial charge in [-0.25, -0.2) is 14.6 Å². The van der Waals surface area contributed by atoms with E-state index in [1.807, 2.05) is 30.3 Å². The van der Waals surface area contributed by atoms with Crippen molar-refractivity contribution in [2.75, 3.05) is 5.32 Å². The topological polar surface area (TPSA) is 55.6 Å². The molecule has 5 nitrogen and oxygen atoms in total. The van der Waals surface area contributed by atoms with Crippen molar-refractivity contribution >= 4 is 22.7 Å². The van der Waals surface area contributed by atoms with Crippen LogP contribution >= 0.6 is 0 Å². The second-order valence-corrected chi connectivity index (χ2v) is 5.80. The lowest BCUT2D eigenvalue weighted by molar-refractivity contribution is 0.897. The Labute approximate surface area is 140 Å². The van der Waals surface area contributed by atoms with E-state index in [0.29, 0.717) is 5.82 Å². The number of nitrogens with zero attached hydrogens (tertiary/aromatic N) is 4. The third kappa shape index (κ3) is 2.60. The van der Waals surface area contributed by atoms with E-state index in [1.165, 1.54) is 11.1 Å². The van der Waals surface area contributed by atoms with Crippen LogP contribution < -0.4 is 5.32 Å². The zero-order chi connectivity index (χ0) is 16.5. The molecular weight excluding hydrogens is 298 g/mol. The number of aryl methyl sites for hydroxylation is 2. The molecular formula is C19H17N5. The van der Waals surface area contributed by atoms with Gasteiger partial charge in [-0.05, 0) is 43.2 Å². The maximum absolute atomic E-state index is 4.63. The lowest BCUT2D eigenvalue weighted by Crippen LogP contribution is -2.00. The predicted molar refractivity (Wildman–Crippen MR) is 95.9 cm³/mol. The van der Waals surface area contributed by atoms with Crippen LogP contribution in [0.2, 0.25) is 0 Å². The minimum absolute atomic E-state index is 0.712. The summed E-state index contributed by atoms with van der Waals surface area (Å²) in [7, 11) is 0. The quantitative estimate of drug-likeness (QED) is 0.616. The van der Waals surface area contributed by atoms with Crippen LogP contribution in [0.15, 0.2) is 60.9 Å². The second-order valence-electron chi connectivity index (χ2n) is 5.80. The first-order chi connectivity index (χ1) is 11.7. The van der Waals surface area contributed by atoms with Gasteiger partial charge < -0.3 is 5.32 Å². The van der Waals surface area contributed by atoms with Gasteiger partial charge in [0.05, 0.1) is 18.1 Å². The fourth-order valence-corrected chi connectivity index (χ4v) is 2.64. The van der Waals surface area contributed by atoms with Crippen LogP contribution in [0.3, 0.4) is 0 Å². The lowest BCUT2D eigenvalue weighted by atomic mass is 10.1.